The predicted octanol–water partition coefficient (Wildman–Crippen LogP) is 1.63. The van der Waals surface area contributed by atoms with E-state index in [0.29, 0.717) is 5.69 Å². The summed E-state index contributed by atoms with van der Waals surface area (Å²) >= 11 is 5.58. The van der Waals surface area contributed by atoms with Crippen LogP contribution in [0.4, 0.5) is 0 Å². The Balaban J connectivity index is 3.02. The maximum absolute atomic E-state index is 8.70. The highest BCUT2D eigenvalue weighted by atomic mass is 35.5. The van der Waals surface area contributed by atoms with Crippen LogP contribution in [0.15, 0.2) is 12.4 Å². The quantitative estimate of drug-likeness (QED) is 0.652. The maximum Gasteiger partial charge on any atom is 0.104 e. The van der Waals surface area contributed by atoms with Gasteiger partial charge < -0.3 is 0 Å². The van der Waals surface area contributed by atoms with Gasteiger partial charge in [-0.05, 0) is 6.92 Å². The van der Waals surface area contributed by atoms with E-state index in [0.717, 1.165) is 5.69 Å². The van der Waals surface area contributed by atoms with Crippen molar-refractivity contribution in [1.82, 2.24) is 9.97 Å². The standard InChI is InChI=1S/C8H8ClN3/c1-6-8(7(4-9)5-10)12-3-2-11-6/h2-3,7H,4H2,1H3. The zero-order valence-electron chi connectivity index (χ0n) is 6.66. The normalized spacial score (nSPS) is 12.1. The first-order valence-corrected chi connectivity index (χ1v) is 4.06. The third-order valence-corrected chi connectivity index (χ3v) is 1.87. The van der Waals surface area contributed by atoms with Gasteiger partial charge in [0.15, 0.2) is 0 Å². The second-order valence-electron chi connectivity index (χ2n) is 2.36. The fourth-order valence-electron chi connectivity index (χ4n) is 0.929. The average Bonchev–Trinajstić information content (AvgIpc) is 2.10. The summed E-state index contributed by atoms with van der Waals surface area (Å²) in [6.45, 7) is 1.82. The van der Waals surface area contributed by atoms with Gasteiger partial charge in [-0.15, -0.1) is 11.6 Å². The van der Waals surface area contributed by atoms with Gasteiger partial charge in [-0.3, -0.25) is 9.97 Å². The van der Waals surface area contributed by atoms with Crippen molar-refractivity contribution < 1.29 is 0 Å². The Labute approximate surface area is 76.0 Å². The number of rotatable bonds is 2. The summed E-state index contributed by atoms with van der Waals surface area (Å²) in [6, 6.07) is 2.07. The highest BCUT2D eigenvalue weighted by molar-refractivity contribution is 6.18. The lowest BCUT2D eigenvalue weighted by Gasteiger charge is -2.05. The number of nitriles is 1. The molecule has 1 atom stereocenters. The van der Waals surface area contributed by atoms with Crippen LogP contribution in [0.2, 0.25) is 0 Å². The number of hydrogen-bond acceptors (Lipinski definition) is 3. The van der Waals surface area contributed by atoms with Crippen LogP contribution in [0, 0.1) is 18.3 Å². The Morgan fingerprint density at radius 1 is 1.58 bits per heavy atom. The summed E-state index contributed by atoms with van der Waals surface area (Å²) in [6.07, 6.45) is 3.17. The summed E-state index contributed by atoms with van der Waals surface area (Å²) in [5.74, 6) is -0.0869. The summed E-state index contributed by atoms with van der Waals surface area (Å²) in [4.78, 5) is 8.07. The molecule has 0 aromatic carbocycles. The number of alkyl halides is 1. The monoisotopic (exact) mass is 181 g/mol. The van der Waals surface area contributed by atoms with Crippen molar-refractivity contribution in [2.24, 2.45) is 0 Å². The molecule has 62 valence electrons. The highest BCUT2D eigenvalue weighted by Crippen LogP contribution is 2.15. The van der Waals surface area contributed by atoms with E-state index in [1.165, 1.54) is 0 Å². The second-order valence-corrected chi connectivity index (χ2v) is 2.67. The minimum absolute atomic E-state index is 0.260. The molecule has 0 amide bonds. The molecule has 4 heteroatoms. The van der Waals surface area contributed by atoms with Crippen molar-refractivity contribution in [2.75, 3.05) is 5.88 Å². The molecule has 0 bridgehead atoms. The molecule has 0 saturated carbocycles. The minimum Gasteiger partial charge on any atom is -0.258 e. The van der Waals surface area contributed by atoms with E-state index < -0.39 is 0 Å². The molecule has 1 aromatic rings. The summed E-state index contributed by atoms with van der Waals surface area (Å²) < 4.78 is 0. The molecule has 0 aliphatic heterocycles. The molecule has 1 heterocycles. The number of aryl methyl sites for hydroxylation is 1. The lowest BCUT2D eigenvalue weighted by Crippen LogP contribution is -2.04. The van der Waals surface area contributed by atoms with Crippen LogP contribution in [0.1, 0.15) is 17.3 Å². The first-order valence-electron chi connectivity index (χ1n) is 3.52. The van der Waals surface area contributed by atoms with Crippen LogP contribution in [0.25, 0.3) is 0 Å². The van der Waals surface area contributed by atoms with Crippen LogP contribution in [-0.4, -0.2) is 15.8 Å². The van der Waals surface area contributed by atoms with Crippen LogP contribution >= 0.6 is 11.6 Å². The van der Waals surface area contributed by atoms with Crippen LogP contribution in [-0.2, 0) is 0 Å². The SMILES string of the molecule is Cc1nccnc1C(C#N)CCl. The van der Waals surface area contributed by atoms with Gasteiger partial charge in [-0.1, -0.05) is 0 Å². The molecule has 0 aliphatic rings. The fraction of sp³-hybridized carbons (Fsp3) is 0.375. The summed E-state index contributed by atoms with van der Waals surface area (Å²) in [5, 5.41) is 8.70. The Kier molecular flexibility index (Phi) is 3.01. The van der Waals surface area contributed by atoms with Crippen molar-refractivity contribution >= 4 is 11.6 Å². The highest BCUT2D eigenvalue weighted by Gasteiger charge is 2.13. The molecule has 1 rings (SSSR count). The van der Waals surface area contributed by atoms with Gasteiger partial charge in [0.25, 0.3) is 0 Å². The van der Waals surface area contributed by atoms with Crippen molar-refractivity contribution in [3.8, 4) is 6.07 Å². The van der Waals surface area contributed by atoms with E-state index in [4.69, 9.17) is 16.9 Å². The van der Waals surface area contributed by atoms with Gasteiger partial charge in [-0.25, -0.2) is 0 Å². The molecule has 3 nitrogen and oxygen atoms in total. The Bertz CT molecular complexity index is 305. The van der Waals surface area contributed by atoms with Crippen molar-refractivity contribution in [3.63, 3.8) is 0 Å². The molecule has 12 heavy (non-hydrogen) atoms. The van der Waals surface area contributed by atoms with Crippen LogP contribution < -0.4 is 0 Å². The third-order valence-electron chi connectivity index (χ3n) is 1.56. The average molecular weight is 182 g/mol. The van der Waals surface area contributed by atoms with E-state index in [-0.39, 0.29) is 11.8 Å². The van der Waals surface area contributed by atoms with E-state index >= 15 is 0 Å². The topological polar surface area (TPSA) is 49.6 Å². The minimum atomic E-state index is -0.347. The smallest absolute Gasteiger partial charge is 0.104 e. The third kappa shape index (κ3) is 1.72. The zero-order chi connectivity index (χ0) is 8.97. The van der Waals surface area contributed by atoms with Crippen molar-refractivity contribution in [2.45, 2.75) is 12.8 Å². The number of halogens is 1. The molecule has 0 spiro atoms. The molecular weight excluding hydrogens is 174 g/mol. The summed E-state index contributed by atoms with van der Waals surface area (Å²) in [5.41, 5.74) is 1.44. The van der Waals surface area contributed by atoms with Crippen LogP contribution in [0.5, 0.6) is 0 Å². The Hall–Kier alpha value is -1.14. The molecule has 0 aliphatic carbocycles. The molecular formula is C8H8ClN3. The molecule has 0 fully saturated rings. The Morgan fingerprint density at radius 2 is 2.25 bits per heavy atom. The van der Waals surface area contributed by atoms with Crippen LogP contribution in [0.3, 0.4) is 0 Å². The van der Waals surface area contributed by atoms with Crippen molar-refractivity contribution in [1.29, 1.82) is 5.26 Å². The number of aromatic nitrogens is 2. The lowest BCUT2D eigenvalue weighted by molar-refractivity contribution is 0.881. The predicted molar refractivity (Wildman–Crippen MR) is 45.8 cm³/mol. The number of nitrogens with zero attached hydrogens (tertiary/aromatic N) is 3. The first kappa shape index (κ1) is 8.95. The molecule has 1 unspecified atom stereocenters. The maximum atomic E-state index is 8.70. The van der Waals surface area contributed by atoms with Gasteiger partial charge in [0.05, 0.1) is 17.5 Å². The first-order chi connectivity index (χ1) is 5.79. The van der Waals surface area contributed by atoms with Gasteiger partial charge >= 0.3 is 0 Å². The van der Waals surface area contributed by atoms with E-state index in [1.807, 2.05) is 6.92 Å². The lowest BCUT2D eigenvalue weighted by atomic mass is 10.1. The Morgan fingerprint density at radius 3 is 2.75 bits per heavy atom. The second kappa shape index (κ2) is 4.03. The van der Waals surface area contributed by atoms with Gasteiger partial charge in [-0.2, -0.15) is 5.26 Å². The molecule has 1 aromatic heterocycles. The van der Waals surface area contributed by atoms with E-state index in [2.05, 4.69) is 16.0 Å². The van der Waals surface area contributed by atoms with Gasteiger partial charge in [0.1, 0.15) is 5.92 Å². The van der Waals surface area contributed by atoms with E-state index in [9.17, 15) is 0 Å². The van der Waals surface area contributed by atoms with Gasteiger partial charge in [0.2, 0.25) is 0 Å². The molecule has 0 saturated heterocycles. The van der Waals surface area contributed by atoms with Crippen molar-refractivity contribution in [3.05, 3.63) is 23.8 Å². The zero-order valence-corrected chi connectivity index (χ0v) is 7.41. The fourth-order valence-corrected chi connectivity index (χ4v) is 1.14. The molecule has 0 N–H and O–H groups in total. The largest absolute Gasteiger partial charge is 0.258 e. The summed E-state index contributed by atoms with van der Waals surface area (Å²) in [7, 11) is 0. The van der Waals surface area contributed by atoms with E-state index in [1.54, 1.807) is 12.4 Å². The number of hydrogen-bond donors (Lipinski definition) is 0. The molecule has 0 radical (unpaired) electrons. The van der Waals surface area contributed by atoms with Gasteiger partial charge in [0, 0.05) is 18.3 Å².